The van der Waals surface area contributed by atoms with Crippen molar-refractivity contribution < 1.29 is 0 Å². The van der Waals surface area contributed by atoms with Crippen LogP contribution in [0.15, 0.2) is 6.07 Å². The van der Waals surface area contributed by atoms with Crippen molar-refractivity contribution in [3.63, 3.8) is 0 Å². The number of nitrogens with one attached hydrogen (secondary N) is 2. The Bertz CT molecular complexity index is 380. The van der Waals surface area contributed by atoms with Crippen LogP contribution in [0.5, 0.6) is 0 Å². The van der Waals surface area contributed by atoms with Gasteiger partial charge in [0.15, 0.2) is 0 Å². The maximum Gasteiger partial charge on any atom is 0.239 e. The van der Waals surface area contributed by atoms with E-state index in [2.05, 4.69) is 32.7 Å². The van der Waals surface area contributed by atoms with Crippen molar-refractivity contribution in [2.45, 2.75) is 25.8 Å². The molecule has 1 fully saturated rings. The molecule has 4 N–H and O–H groups in total. The van der Waals surface area contributed by atoms with Crippen LogP contribution in [0.2, 0.25) is 0 Å². The standard InChI is InChI=1S/C11H20N6/c1-8-6-10(15-11(13-8)16-12)14-9-4-3-5-17(2)7-9/h6,9H,3-5,7,12H2,1-2H3,(H2,13,14,15,16). The monoisotopic (exact) mass is 236 g/mol. The number of rotatable bonds is 3. The minimum Gasteiger partial charge on any atom is -0.366 e. The number of anilines is 2. The zero-order chi connectivity index (χ0) is 12.3. The molecule has 1 atom stereocenters. The van der Waals surface area contributed by atoms with E-state index in [1.807, 2.05) is 13.0 Å². The van der Waals surface area contributed by atoms with Crippen molar-refractivity contribution in [1.82, 2.24) is 14.9 Å². The first kappa shape index (κ1) is 12.1. The van der Waals surface area contributed by atoms with Crippen LogP contribution >= 0.6 is 0 Å². The van der Waals surface area contributed by atoms with E-state index in [0.29, 0.717) is 12.0 Å². The first-order chi connectivity index (χ1) is 8.17. The molecule has 2 rings (SSSR count). The molecule has 0 radical (unpaired) electrons. The molecule has 0 aromatic carbocycles. The zero-order valence-electron chi connectivity index (χ0n) is 10.4. The molecule has 0 saturated carbocycles. The average molecular weight is 236 g/mol. The van der Waals surface area contributed by atoms with Gasteiger partial charge >= 0.3 is 0 Å². The number of piperidine rings is 1. The summed E-state index contributed by atoms with van der Waals surface area (Å²) in [5.41, 5.74) is 3.38. The summed E-state index contributed by atoms with van der Waals surface area (Å²) >= 11 is 0. The van der Waals surface area contributed by atoms with Crippen molar-refractivity contribution >= 4 is 11.8 Å². The Morgan fingerprint density at radius 1 is 1.47 bits per heavy atom. The van der Waals surface area contributed by atoms with Gasteiger partial charge in [-0.1, -0.05) is 0 Å². The molecule has 6 nitrogen and oxygen atoms in total. The van der Waals surface area contributed by atoms with Gasteiger partial charge in [-0.15, -0.1) is 0 Å². The highest BCUT2D eigenvalue weighted by atomic mass is 15.3. The molecule has 1 aromatic heterocycles. The molecule has 2 heterocycles. The summed E-state index contributed by atoms with van der Waals surface area (Å²) in [6.45, 7) is 4.16. The van der Waals surface area contributed by atoms with Gasteiger partial charge < -0.3 is 10.2 Å². The van der Waals surface area contributed by atoms with E-state index in [1.165, 1.54) is 19.4 Å². The summed E-state index contributed by atoms with van der Waals surface area (Å²) < 4.78 is 0. The maximum absolute atomic E-state index is 5.33. The van der Waals surface area contributed by atoms with Gasteiger partial charge in [-0.3, -0.25) is 5.43 Å². The summed E-state index contributed by atoms with van der Waals surface area (Å²) in [6.07, 6.45) is 2.40. The first-order valence-corrected chi connectivity index (χ1v) is 5.95. The van der Waals surface area contributed by atoms with Gasteiger partial charge in [-0.25, -0.2) is 10.8 Å². The van der Waals surface area contributed by atoms with Crippen molar-refractivity contribution in [2.75, 3.05) is 30.9 Å². The summed E-state index contributed by atoms with van der Waals surface area (Å²) in [5.74, 6) is 6.63. The fourth-order valence-corrected chi connectivity index (χ4v) is 2.20. The second-order valence-electron chi connectivity index (χ2n) is 4.61. The summed E-state index contributed by atoms with van der Waals surface area (Å²) in [4.78, 5) is 10.8. The van der Waals surface area contributed by atoms with Crippen molar-refractivity contribution in [2.24, 2.45) is 5.84 Å². The van der Waals surface area contributed by atoms with Crippen molar-refractivity contribution in [3.8, 4) is 0 Å². The number of nitrogens with zero attached hydrogens (tertiary/aromatic N) is 3. The third kappa shape index (κ3) is 3.28. The largest absolute Gasteiger partial charge is 0.366 e. The van der Waals surface area contributed by atoms with Gasteiger partial charge in [0.1, 0.15) is 5.82 Å². The van der Waals surface area contributed by atoms with Crippen LogP contribution in [0.25, 0.3) is 0 Å². The topological polar surface area (TPSA) is 79.1 Å². The third-order valence-electron chi connectivity index (χ3n) is 2.96. The number of hydrogen-bond acceptors (Lipinski definition) is 6. The second kappa shape index (κ2) is 5.29. The molecule has 1 unspecified atom stereocenters. The first-order valence-electron chi connectivity index (χ1n) is 5.95. The minimum absolute atomic E-state index is 0.452. The van der Waals surface area contributed by atoms with Crippen LogP contribution in [-0.2, 0) is 0 Å². The number of hydrogen-bond donors (Lipinski definition) is 3. The molecule has 0 aliphatic carbocycles. The SMILES string of the molecule is Cc1cc(NC2CCCN(C)C2)nc(NN)n1. The second-order valence-corrected chi connectivity index (χ2v) is 4.61. The van der Waals surface area contributed by atoms with Crippen LogP contribution < -0.4 is 16.6 Å². The maximum atomic E-state index is 5.33. The molecule has 0 amide bonds. The zero-order valence-corrected chi connectivity index (χ0v) is 10.4. The van der Waals surface area contributed by atoms with Crippen molar-refractivity contribution in [3.05, 3.63) is 11.8 Å². The fraction of sp³-hybridized carbons (Fsp3) is 0.636. The lowest BCUT2D eigenvalue weighted by Crippen LogP contribution is -2.40. The number of nitrogen functional groups attached to an aromatic ring is 1. The molecule has 94 valence electrons. The van der Waals surface area contributed by atoms with E-state index >= 15 is 0 Å². The predicted octanol–water partition coefficient (Wildman–Crippen LogP) is 0.577. The van der Waals surface area contributed by atoms with Crippen LogP contribution in [0, 0.1) is 6.92 Å². The van der Waals surface area contributed by atoms with Gasteiger partial charge in [0.25, 0.3) is 0 Å². The Balaban J connectivity index is 2.04. The smallest absolute Gasteiger partial charge is 0.239 e. The Morgan fingerprint density at radius 2 is 2.29 bits per heavy atom. The number of likely N-dealkylation sites (tertiary alicyclic amines) is 1. The van der Waals surface area contributed by atoms with E-state index in [1.54, 1.807) is 0 Å². The Kier molecular flexibility index (Phi) is 3.75. The molecule has 1 saturated heterocycles. The normalized spacial score (nSPS) is 21.2. The van der Waals surface area contributed by atoms with Crippen LogP contribution in [0.3, 0.4) is 0 Å². The Morgan fingerprint density at radius 3 is 3.00 bits per heavy atom. The number of aryl methyl sites for hydroxylation is 1. The highest BCUT2D eigenvalue weighted by molar-refractivity contribution is 5.42. The lowest BCUT2D eigenvalue weighted by Gasteiger charge is -2.30. The molecule has 0 bridgehead atoms. The van der Waals surface area contributed by atoms with Crippen LogP contribution in [-0.4, -0.2) is 41.0 Å². The fourth-order valence-electron chi connectivity index (χ4n) is 2.20. The molecule has 1 aliphatic rings. The number of likely N-dealkylation sites (N-methyl/N-ethyl adjacent to an activating group) is 1. The van der Waals surface area contributed by atoms with Gasteiger partial charge in [0.05, 0.1) is 0 Å². The number of nitrogens with two attached hydrogens (primary N) is 1. The average Bonchev–Trinajstić information content (AvgIpc) is 2.28. The van der Waals surface area contributed by atoms with Crippen LogP contribution in [0.1, 0.15) is 18.5 Å². The molecular formula is C11H20N6. The summed E-state index contributed by atoms with van der Waals surface area (Å²) in [7, 11) is 2.14. The van der Waals surface area contributed by atoms with Gasteiger partial charge in [0.2, 0.25) is 5.95 Å². The lowest BCUT2D eigenvalue weighted by atomic mass is 10.1. The van der Waals surface area contributed by atoms with E-state index < -0.39 is 0 Å². The molecule has 1 aliphatic heterocycles. The van der Waals surface area contributed by atoms with Crippen LogP contribution in [0.4, 0.5) is 11.8 Å². The highest BCUT2D eigenvalue weighted by Crippen LogP contribution is 2.15. The summed E-state index contributed by atoms with van der Waals surface area (Å²) in [5, 5.41) is 3.44. The number of aromatic nitrogens is 2. The third-order valence-corrected chi connectivity index (χ3v) is 2.96. The molecular weight excluding hydrogens is 216 g/mol. The summed E-state index contributed by atoms with van der Waals surface area (Å²) in [6, 6.07) is 2.39. The molecule has 1 aromatic rings. The van der Waals surface area contributed by atoms with E-state index in [4.69, 9.17) is 5.84 Å². The van der Waals surface area contributed by atoms with Crippen molar-refractivity contribution in [1.29, 1.82) is 0 Å². The van der Waals surface area contributed by atoms with E-state index in [9.17, 15) is 0 Å². The van der Waals surface area contributed by atoms with Gasteiger partial charge in [-0.05, 0) is 33.4 Å². The lowest BCUT2D eigenvalue weighted by molar-refractivity contribution is 0.261. The van der Waals surface area contributed by atoms with Gasteiger partial charge in [-0.2, -0.15) is 4.98 Å². The molecule has 6 heteroatoms. The molecule has 0 spiro atoms. The highest BCUT2D eigenvalue weighted by Gasteiger charge is 2.17. The van der Waals surface area contributed by atoms with Gasteiger partial charge in [0, 0.05) is 24.3 Å². The van der Waals surface area contributed by atoms with E-state index in [-0.39, 0.29) is 0 Å². The molecule has 17 heavy (non-hydrogen) atoms. The van der Waals surface area contributed by atoms with E-state index in [0.717, 1.165) is 18.1 Å². The Hall–Kier alpha value is -1.40. The predicted molar refractivity (Wildman–Crippen MR) is 68.7 cm³/mol. The minimum atomic E-state index is 0.452. The number of hydrazine groups is 1. The Labute approximate surface area is 102 Å². The quantitative estimate of drug-likeness (QED) is 0.526.